The second-order valence-electron chi connectivity index (χ2n) is 6.19. The summed E-state index contributed by atoms with van der Waals surface area (Å²) in [4.78, 5) is 14.9. The molecule has 1 aliphatic heterocycles. The standard InChI is InChI=1S/C20H17BrClNO3S2/c1-11(2)26-16-6-4-12(8-14(16)21)9-18-19(24)23(20(27)28-18)13-5-7-17(25-3)15(22)10-13/h4-11H,1-3H3/b18-9-. The van der Waals surface area contributed by atoms with E-state index in [0.717, 1.165) is 15.8 Å². The molecule has 2 aromatic carbocycles. The quantitative estimate of drug-likeness (QED) is 0.357. The SMILES string of the molecule is COc1ccc(N2C(=O)/C(=C/c3ccc(OC(C)C)c(Br)c3)SC2=S)cc1Cl. The molecule has 1 saturated heterocycles. The summed E-state index contributed by atoms with van der Waals surface area (Å²) in [5.74, 6) is 1.11. The normalized spacial score (nSPS) is 15.6. The number of anilines is 1. The number of rotatable bonds is 5. The van der Waals surface area contributed by atoms with E-state index in [4.69, 9.17) is 33.3 Å². The Hall–Kier alpha value is -1.54. The number of halogens is 2. The van der Waals surface area contributed by atoms with Gasteiger partial charge in [-0.25, -0.2) is 0 Å². The zero-order chi connectivity index (χ0) is 20.4. The largest absolute Gasteiger partial charge is 0.495 e. The van der Waals surface area contributed by atoms with Crippen molar-refractivity contribution in [2.24, 2.45) is 0 Å². The first kappa shape index (κ1) is 21.2. The van der Waals surface area contributed by atoms with Crippen molar-refractivity contribution in [2.75, 3.05) is 12.0 Å². The van der Waals surface area contributed by atoms with E-state index in [0.29, 0.717) is 25.7 Å². The minimum Gasteiger partial charge on any atom is -0.495 e. The molecule has 0 atom stereocenters. The van der Waals surface area contributed by atoms with E-state index >= 15 is 0 Å². The van der Waals surface area contributed by atoms with Crippen LogP contribution in [0.15, 0.2) is 45.8 Å². The van der Waals surface area contributed by atoms with Gasteiger partial charge in [-0.15, -0.1) is 0 Å². The Morgan fingerprint density at radius 3 is 2.54 bits per heavy atom. The molecule has 1 aliphatic rings. The van der Waals surface area contributed by atoms with E-state index in [-0.39, 0.29) is 12.0 Å². The van der Waals surface area contributed by atoms with E-state index in [1.54, 1.807) is 25.3 Å². The van der Waals surface area contributed by atoms with E-state index in [1.165, 1.54) is 16.7 Å². The van der Waals surface area contributed by atoms with Crippen molar-refractivity contribution in [1.82, 2.24) is 0 Å². The molecule has 8 heteroatoms. The second-order valence-corrected chi connectivity index (χ2v) is 9.13. The average Bonchev–Trinajstić information content (AvgIpc) is 2.90. The molecule has 146 valence electrons. The van der Waals surface area contributed by atoms with Crippen molar-refractivity contribution in [2.45, 2.75) is 20.0 Å². The minimum absolute atomic E-state index is 0.0784. The Kier molecular flexibility index (Phi) is 6.70. The molecule has 28 heavy (non-hydrogen) atoms. The molecule has 0 aromatic heterocycles. The van der Waals surface area contributed by atoms with Gasteiger partial charge in [-0.2, -0.15) is 0 Å². The van der Waals surface area contributed by atoms with Gasteiger partial charge in [0.1, 0.15) is 11.5 Å². The number of ether oxygens (including phenoxy) is 2. The van der Waals surface area contributed by atoms with Crippen LogP contribution in [0, 0.1) is 0 Å². The summed E-state index contributed by atoms with van der Waals surface area (Å²) in [5.41, 5.74) is 1.48. The summed E-state index contributed by atoms with van der Waals surface area (Å²) in [5, 5.41) is 0.419. The lowest BCUT2D eigenvalue weighted by Gasteiger charge is -2.15. The highest BCUT2D eigenvalue weighted by atomic mass is 79.9. The maximum atomic E-state index is 12.9. The van der Waals surface area contributed by atoms with Crippen LogP contribution in [0.1, 0.15) is 19.4 Å². The highest BCUT2D eigenvalue weighted by Gasteiger charge is 2.33. The number of methoxy groups -OCH3 is 1. The first-order valence-electron chi connectivity index (χ1n) is 8.38. The van der Waals surface area contributed by atoms with Gasteiger partial charge in [-0.1, -0.05) is 41.6 Å². The molecule has 0 aliphatic carbocycles. The molecule has 4 nitrogen and oxygen atoms in total. The molecule has 1 heterocycles. The van der Waals surface area contributed by atoms with Gasteiger partial charge in [0.25, 0.3) is 5.91 Å². The number of carbonyl (C=O) groups is 1. The van der Waals surface area contributed by atoms with Crippen LogP contribution in [0.2, 0.25) is 5.02 Å². The molecule has 1 fully saturated rings. The lowest BCUT2D eigenvalue weighted by atomic mass is 10.2. The Morgan fingerprint density at radius 2 is 1.93 bits per heavy atom. The van der Waals surface area contributed by atoms with Crippen molar-refractivity contribution >= 4 is 73.5 Å². The molecule has 3 rings (SSSR count). The molecule has 0 spiro atoms. The fourth-order valence-corrected chi connectivity index (χ4v) is 4.63. The number of nitrogens with zero attached hydrogens (tertiary/aromatic N) is 1. The summed E-state index contributed by atoms with van der Waals surface area (Å²) in [7, 11) is 1.54. The zero-order valence-corrected chi connectivity index (χ0v) is 19.3. The van der Waals surface area contributed by atoms with Crippen LogP contribution in [0.25, 0.3) is 6.08 Å². The summed E-state index contributed by atoms with van der Waals surface area (Å²) in [6.07, 6.45) is 1.89. The van der Waals surface area contributed by atoms with Crippen LogP contribution in [0.3, 0.4) is 0 Å². The van der Waals surface area contributed by atoms with Crippen molar-refractivity contribution in [3.63, 3.8) is 0 Å². The Bertz CT molecular complexity index is 978. The molecular formula is C20H17BrClNO3S2. The molecule has 0 unspecified atom stereocenters. The van der Waals surface area contributed by atoms with E-state index < -0.39 is 0 Å². The third kappa shape index (κ3) is 4.54. The maximum absolute atomic E-state index is 12.9. The predicted molar refractivity (Wildman–Crippen MR) is 124 cm³/mol. The maximum Gasteiger partial charge on any atom is 0.270 e. The first-order chi connectivity index (χ1) is 13.3. The van der Waals surface area contributed by atoms with Gasteiger partial charge in [0.15, 0.2) is 4.32 Å². The van der Waals surface area contributed by atoms with Crippen molar-refractivity contribution < 1.29 is 14.3 Å². The molecule has 0 N–H and O–H groups in total. The molecule has 0 radical (unpaired) electrons. The Labute approximate surface area is 187 Å². The van der Waals surface area contributed by atoms with Crippen LogP contribution in [-0.2, 0) is 4.79 Å². The van der Waals surface area contributed by atoms with Crippen LogP contribution in [-0.4, -0.2) is 23.4 Å². The van der Waals surface area contributed by atoms with Gasteiger partial charge < -0.3 is 9.47 Å². The number of hydrogen-bond donors (Lipinski definition) is 0. The topological polar surface area (TPSA) is 38.8 Å². The van der Waals surface area contributed by atoms with E-state index in [9.17, 15) is 4.79 Å². The lowest BCUT2D eigenvalue weighted by Crippen LogP contribution is -2.27. The summed E-state index contributed by atoms with van der Waals surface area (Å²) in [6.45, 7) is 3.94. The van der Waals surface area contributed by atoms with Crippen LogP contribution >= 0.6 is 51.5 Å². The third-order valence-corrected chi connectivity index (χ3v) is 6.02. The third-order valence-electron chi connectivity index (χ3n) is 3.80. The highest BCUT2D eigenvalue weighted by Crippen LogP contribution is 2.39. The van der Waals surface area contributed by atoms with Crippen molar-refractivity contribution in [1.29, 1.82) is 0 Å². The molecule has 2 aromatic rings. The number of thiocarbonyl (C=S) groups is 1. The summed E-state index contributed by atoms with van der Waals surface area (Å²) >= 11 is 16.4. The fourth-order valence-electron chi connectivity index (χ4n) is 2.59. The monoisotopic (exact) mass is 497 g/mol. The van der Waals surface area contributed by atoms with Crippen LogP contribution in [0.5, 0.6) is 11.5 Å². The smallest absolute Gasteiger partial charge is 0.270 e. The number of benzene rings is 2. The lowest BCUT2D eigenvalue weighted by molar-refractivity contribution is -0.113. The zero-order valence-electron chi connectivity index (χ0n) is 15.4. The average molecular weight is 499 g/mol. The Morgan fingerprint density at radius 1 is 1.21 bits per heavy atom. The van der Waals surface area contributed by atoms with Gasteiger partial charge in [-0.05, 0) is 71.7 Å². The van der Waals surface area contributed by atoms with Crippen molar-refractivity contribution in [3.05, 3.63) is 56.4 Å². The molecule has 0 saturated carbocycles. The molecular weight excluding hydrogens is 482 g/mol. The number of thioether (sulfide) groups is 1. The van der Waals surface area contributed by atoms with Gasteiger partial charge >= 0.3 is 0 Å². The predicted octanol–water partition coefficient (Wildman–Crippen LogP) is 6.30. The van der Waals surface area contributed by atoms with Gasteiger partial charge in [0.2, 0.25) is 0 Å². The fraction of sp³-hybridized carbons (Fsp3) is 0.200. The van der Waals surface area contributed by atoms with Crippen molar-refractivity contribution in [3.8, 4) is 11.5 Å². The first-order valence-corrected chi connectivity index (χ1v) is 10.8. The Balaban J connectivity index is 1.87. The number of amides is 1. The van der Waals surface area contributed by atoms with Crippen LogP contribution in [0.4, 0.5) is 5.69 Å². The molecule has 0 bridgehead atoms. The van der Waals surface area contributed by atoms with Gasteiger partial charge in [0.05, 0.1) is 33.3 Å². The minimum atomic E-state index is -0.185. The highest BCUT2D eigenvalue weighted by molar-refractivity contribution is 9.10. The summed E-state index contributed by atoms with van der Waals surface area (Å²) in [6, 6.07) is 10.8. The van der Waals surface area contributed by atoms with Gasteiger partial charge in [-0.3, -0.25) is 9.69 Å². The number of hydrogen-bond acceptors (Lipinski definition) is 5. The number of carbonyl (C=O) groups excluding carboxylic acids is 1. The van der Waals surface area contributed by atoms with Gasteiger partial charge in [0, 0.05) is 0 Å². The van der Waals surface area contributed by atoms with E-state index in [2.05, 4.69) is 15.9 Å². The second kappa shape index (κ2) is 8.86. The summed E-state index contributed by atoms with van der Waals surface area (Å²) < 4.78 is 12.2. The van der Waals surface area contributed by atoms with Crippen LogP contribution < -0.4 is 14.4 Å². The molecule has 1 amide bonds. The van der Waals surface area contributed by atoms with E-state index in [1.807, 2.05) is 38.1 Å².